The van der Waals surface area contributed by atoms with Crippen LogP contribution in [0.3, 0.4) is 0 Å². The fraction of sp³-hybridized carbons (Fsp3) is 0.200. The Labute approximate surface area is 157 Å². The molecular weight excluding hydrogens is 350 g/mol. The van der Waals surface area contributed by atoms with Crippen LogP contribution in [0.25, 0.3) is 0 Å². The van der Waals surface area contributed by atoms with Gasteiger partial charge in [-0.3, -0.25) is 9.48 Å². The summed E-state index contributed by atoms with van der Waals surface area (Å²) in [4.78, 5) is 12.7. The number of carbonyl (C=O) groups is 1. The van der Waals surface area contributed by atoms with Gasteiger partial charge < -0.3 is 10.1 Å². The minimum atomic E-state index is -0.185. The normalized spacial score (nSPS) is 10.6. The molecule has 0 atom stereocenters. The summed E-state index contributed by atoms with van der Waals surface area (Å²) in [5, 5.41) is 8.10. The van der Waals surface area contributed by atoms with E-state index in [4.69, 9.17) is 16.3 Å². The molecule has 0 saturated heterocycles. The van der Waals surface area contributed by atoms with E-state index in [9.17, 15) is 4.79 Å². The molecule has 1 heterocycles. The zero-order valence-corrected chi connectivity index (χ0v) is 15.7. The van der Waals surface area contributed by atoms with Crippen molar-refractivity contribution in [2.45, 2.75) is 20.4 Å². The largest absolute Gasteiger partial charge is 0.497 e. The van der Waals surface area contributed by atoms with Crippen LogP contribution in [0, 0.1) is 13.8 Å². The zero-order valence-electron chi connectivity index (χ0n) is 14.9. The van der Waals surface area contributed by atoms with Crippen molar-refractivity contribution in [2.75, 3.05) is 12.4 Å². The summed E-state index contributed by atoms with van der Waals surface area (Å²) in [5.41, 5.74) is 3.72. The van der Waals surface area contributed by atoms with Gasteiger partial charge in [0.15, 0.2) is 0 Å². The predicted octanol–water partition coefficient (Wildman–Crippen LogP) is 4.46. The topological polar surface area (TPSA) is 56.1 Å². The number of methoxy groups -OCH3 is 1. The van der Waals surface area contributed by atoms with Crippen LogP contribution in [0.2, 0.25) is 5.02 Å². The lowest BCUT2D eigenvalue weighted by Crippen LogP contribution is -2.14. The Morgan fingerprint density at radius 1 is 1.15 bits per heavy atom. The molecule has 0 unspecified atom stereocenters. The maximum absolute atomic E-state index is 12.7. The van der Waals surface area contributed by atoms with Gasteiger partial charge in [0.25, 0.3) is 5.91 Å². The average Bonchev–Trinajstić information content (AvgIpc) is 2.91. The van der Waals surface area contributed by atoms with Crippen LogP contribution < -0.4 is 10.1 Å². The van der Waals surface area contributed by atoms with Crippen LogP contribution in [0.4, 0.5) is 5.69 Å². The highest BCUT2D eigenvalue weighted by Crippen LogP contribution is 2.21. The zero-order chi connectivity index (χ0) is 18.7. The van der Waals surface area contributed by atoms with Gasteiger partial charge in [0.1, 0.15) is 5.75 Å². The molecule has 3 aromatic rings. The minimum Gasteiger partial charge on any atom is -0.497 e. The quantitative estimate of drug-likeness (QED) is 0.722. The number of rotatable bonds is 5. The number of nitrogens with one attached hydrogen (secondary N) is 1. The maximum Gasteiger partial charge on any atom is 0.259 e. The molecule has 1 amide bonds. The molecule has 0 fully saturated rings. The molecule has 134 valence electrons. The van der Waals surface area contributed by atoms with Crippen molar-refractivity contribution in [3.8, 4) is 5.75 Å². The first-order valence-electron chi connectivity index (χ1n) is 8.22. The SMILES string of the molecule is COc1ccc(NC(=O)c2c(C)nn(Cc3ccccc3Cl)c2C)cc1. The Hall–Kier alpha value is -2.79. The van der Waals surface area contributed by atoms with Crippen LogP contribution in [0.1, 0.15) is 27.3 Å². The molecule has 0 aliphatic rings. The molecule has 3 rings (SSSR count). The summed E-state index contributed by atoms with van der Waals surface area (Å²) < 4.78 is 6.93. The molecule has 0 spiro atoms. The number of halogens is 1. The van der Waals surface area contributed by atoms with Crippen molar-refractivity contribution in [3.05, 3.63) is 76.1 Å². The van der Waals surface area contributed by atoms with Gasteiger partial charge in [0.2, 0.25) is 0 Å². The molecule has 0 radical (unpaired) electrons. The van der Waals surface area contributed by atoms with Crippen molar-refractivity contribution < 1.29 is 9.53 Å². The van der Waals surface area contributed by atoms with Gasteiger partial charge in [-0.1, -0.05) is 29.8 Å². The van der Waals surface area contributed by atoms with E-state index in [0.717, 1.165) is 17.0 Å². The van der Waals surface area contributed by atoms with E-state index in [1.54, 1.807) is 36.1 Å². The highest BCUT2D eigenvalue weighted by Gasteiger charge is 2.19. The van der Waals surface area contributed by atoms with Crippen molar-refractivity contribution >= 4 is 23.2 Å². The van der Waals surface area contributed by atoms with E-state index in [0.29, 0.717) is 28.5 Å². The molecule has 0 bridgehead atoms. The molecular formula is C20H20ClN3O2. The summed E-state index contributed by atoms with van der Waals surface area (Å²) in [6, 6.07) is 14.8. The Morgan fingerprint density at radius 3 is 2.50 bits per heavy atom. The van der Waals surface area contributed by atoms with Gasteiger partial charge in [-0.05, 0) is 49.7 Å². The first-order valence-corrected chi connectivity index (χ1v) is 8.60. The number of benzene rings is 2. The number of hydrogen-bond acceptors (Lipinski definition) is 3. The number of aryl methyl sites for hydroxylation is 1. The second-order valence-electron chi connectivity index (χ2n) is 5.98. The van der Waals surface area contributed by atoms with E-state index in [1.807, 2.05) is 38.1 Å². The van der Waals surface area contributed by atoms with Crippen molar-refractivity contribution in [1.82, 2.24) is 9.78 Å². The van der Waals surface area contributed by atoms with Crippen LogP contribution in [-0.2, 0) is 6.54 Å². The second-order valence-corrected chi connectivity index (χ2v) is 6.38. The third-order valence-electron chi connectivity index (χ3n) is 4.23. The predicted molar refractivity (Wildman–Crippen MR) is 103 cm³/mol. The molecule has 1 aromatic heterocycles. The molecule has 6 heteroatoms. The Kier molecular flexibility index (Phi) is 5.28. The van der Waals surface area contributed by atoms with Crippen LogP contribution in [0.15, 0.2) is 48.5 Å². The van der Waals surface area contributed by atoms with Crippen molar-refractivity contribution in [2.24, 2.45) is 0 Å². The maximum atomic E-state index is 12.7. The highest BCUT2D eigenvalue weighted by molar-refractivity contribution is 6.31. The van der Waals surface area contributed by atoms with Gasteiger partial charge in [-0.25, -0.2) is 0 Å². The lowest BCUT2D eigenvalue weighted by Gasteiger charge is -2.08. The van der Waals surface area contributed by atoms with Crippen LogP contribution in [0.5, 0.6) is 5.75 Å². The molecule has 1 N–H and O–H groups in total. The first kappa shape index (κ1) is 18.0. The minimum absolute atomic E-state index is 0.185. The summed E-state index contributed by atoms with van der Waals surface area (Å²) in [5.74, 6) is 0.554. The van der Waals surface area contributed by atoms with E-state index in [-0.39, 0.29) is 5.91 Å². The average molecular weight is 370 g/mol. The Bertz CT molecular complexity index is 933. The lowest BCUT2D eigenvalue weighted by molar-refractivity contribution is 0.102. The smallest absolute Gasteiger partial charge is 0.259 e. The van der Waals surface area contributed by atoms with Crippen LogP contribution in [-0.4, -0.2) is 22.8 Å². The number of hydrogen-bond donors (Lipinski definition) is 1. The fourth-order valence-corrected chi connectivity index (χ4v) is 3.03. The van der Waals surface area contributed by atoms with Crippen molar-refractivity contribution in [1.29, 1.82) is 0 Å². The molecule has 0 aliphatic heterocycles. The molecule has 26 heavy (non-hydrogen) atoms. The number of anilines is 1. The van der Waals surface area contributed by atoms with Gasteiger partial charge in [-0.15, -0.1) is 0 Å². The molecule has 2 aromatic carbocycles. The van der Waals surface area contributed by atoms with E-state index in [2.05, 4.69) is 10.4 Å². The van der Waals surface area contributed by atoms with Crippen LogP contribution >= 0.6 is 11.6 Å². The summed E-state index contributed by atoms with van der Waals surface area (Å²) >= 11 is 6.24. The molecule has 0 aliphatic carbocycles. The standard InChI is InChI=1S/C20H20ClN3O2/c1-13-19(20(25)22-16-8-10-17(26-3)11-9-16)14(2)24(23-13)12-15-6-4-5-7-18(15)21/h4-11H,12H2,1-3H3,(H,22,25). The van der Waals surface area contributed by atoms with Gasteiger partial charge in [-0.2, -0.15) is 5.10 Å². The third kappa shape index (κ3) is 3.73. The molecule has 0 saturated carbocycles. The lowest BCUT2D eigenvalue weighted by atomic mass is 10.1. The van der Waals surface area contributed by atoms with Gasteiger partial charge >= 0.3 is 0 Å². The number of amides is 1. The third-order valence-corrected chi connectivity index (χ3v) is 4.60. The fourth-order valence-electron chi connectivity index (χ4n) is 2.84. The molecule has 5 nitrogen and oxygen atoms in total. The monoisotopic (exact) mass is 369 g/mol. The number of ether oxygens (including phenoxy) is 1. The number of nitrogens with zero attached hydrogens (tertiary/aromatic N) is 2. The summed E-state index contributed by atoms with van der Waals surface area (Å²) in [6.07, 6.45) is 0. The van der Waals surface area contributed by atoms with Crippen molar-refractivity contribution in [3.63, 3.8) is 0 Å². The van der Waals surface area contributed by atoms with E-state index < -0.39 is 0 Å². The van der Waals surface area contributed by atoms with Gasteiger partial charge in [0, 0.05) is 16.4 Å². The second kappa shape index (κ2) is 7.62. The summed E-state index contributed by atoms with van der Waals surface area (Å²) in [6.45, 7) is 4.24. The summed E-state index contributed by atoms with van der Waals surface area (Å²) in [7, 11) is 1.60. The first-order chi connectivity index (χ1) is 12.5. The Balaban J connectivity index is 1.82. The highest BCUT2D eigenvalue weighted by atomic mass is 35.5. The van der Waals surface area contributed by atoms with E-state index >= 15 is 0 Å². The number of carbonyl (C=O) groups excluding carboxylic acids is 1. The number of aromatic nitrogens is 2. The van der Waals surface area contributed by atoms with Gasteiger partial charge in [0.05, 0.1) is 24.9 Å². The van der Waals surface area contributed by atoms with E-state index in [1.165, 1.54) is 0 Å². The Morgan fingerprint density at radius 2 is 1.85 bits per heavy atom.